The van der Waals surface area contributed by atoms with Crippen LogP contribution in [0.1, 0.15) is 24.0 Å². The highest BCUT2D eigenvalue weighted by atomic mass is 32.1. The minimum absolute atomic E-state index is 0.0675. The summed E-state index contributed by atoms with van der Waals surface area (Å²) in [6, 6.07) is 14.1. The van der Waals surface area contributed by atoms with E-state index in [0.29, 0.717) is 13.1 Å². The van der Waals surface area contributed by atoms with Gasteiger partial charge in [0.25, 0.3) is 0 Å². The molecule has 0 unspecified atom stereocenters. The molecule has 1 saturated heterocycles. The second kappa shape index (κ2) is 8.64. The third-order valence-corrected chi connectivity index (χ3v) is 7.33. The van der Waals surface area contributed by atoms with Crippen LogP contribution in [0.15, 0.2) is 48.7 Å². The molecule has 1 N–H and O–H groups in total. The van der Waals surface area contributed by atoms with E-state index in [-0.39, 0.29) is 18.6 Å². The summed E-state index contributed by atoms with van der Waals surface area (Å²) >= 11 is 1.57. The zero-order valence-electron chi connectivity index (χ0n) is 18.9. The predicted molar refractivity (Wildman–Crippen MR) is 130 cm³/mol. The first kappa shape index (κ1) is 21.0. The van der Waals surface area contributed by atoms with Crippen LogP contribution in [-0.2, 0) is 11.3 Å². The van der Waals surface area contributed by atoms with Crippen molar-refractivity contribution in [3.05, 3.63) is 59.8 Å². The largest absolute Gasteiger partial charge is 0.454 e. The van der Waals surface area contributed by atoms with Crippen LogP contribution in [0.4, 0.5) is 5.13 Å². The maximum Gasteiger partial charge on any atom is 0.231 e. The zero-order valence-corrected chi connectivity index (χ0v) is 19.7. The Morgan fingerprint density at radius 2 is 2.03 bits per heavy atom. The quantitative estimate of drug-likeness (QED) is 0.470. The van der Waals surface area contributed by atoms with Crippen molar-refractivity contribution in [3.8, 4) is 22.8 Å². The molecule has 0 spiro atoms. The summed E-state index contributed by atoms with van der Waals surface area (Å²) in [6.45, 7) is 4.35. The van der Waals surface area contributed by atoms with Gasteiger partial charge in [0.1, 0.15) is 0 Å². The van der Waals surface area contributed by atoms with Gasteiger partial charge in [-0.1, -0.05) is 47.2 Å². The summed E-state index contributed by atoms with van der Waals surface area (Å²) in [5, 5.41) is 8.76. The van der Waals surface area contributed by atoms with Gasteiger partial charge in [0.15, 0.2) is 11.5 Å². The number of aryl methyl sites for hydroxylation is 1. The van der Waals surface area contributed by atoms with Crippen molar-refractivity contribution < 1.29 is 14.3 Å². The highest BCUT2D eigenvalue weighted by Gasteiger charge is 2.28. The minimum Gasteiger partial charge on any atom is -0.454 e. The van der Waals surface area contributed by atoms with Crippen molar-refractivity contribution in [2.24, 2.45) is 5.92 Å². The van der Waals surface area contributed by atoms with E-state index in [1.807, 2.05) is 28.9 Å². The molecule has 6 rings (SSSR count). The van der Waals surface area contributed by atoms with Gasteiger partial charge in [0.2, 0.25) is 22.8 Å². The fourth-order valence-electron chi connectivity index (χ4n) is 4.43. The van der Waals surface area contributed by atoms with Crippen LogP contribution in [-0.4, -0.2) is 40.4 Å². The van der Waals surface area contributed by atoms with Crippen LogP contribution >= 0.6 is 11.3 Å². The van der Waals surface area contributed by atoms with E-state index in [2.05, 4.69) is 41.4 Å². The molecule has 2 aliphatic heterocycles. The van der Waals surface area contributed by atoms with Gasteiger partial charge in [-0.25, -0.2) is 9.50 Å². The lowest BCUT2D eigenvalue weighted by Gasteiger charge is -2.31. The van der Waals surface area contributed by atoms with Gasteiger partial charge >= 0.3 is 0 Å². The first-order valence-electron chi connectivity index (χ1n) is 11.5. The third kappa shape index (κ3) is 4.07. The molecule has 174 valence electrons. The van der Waals surface area contributed by atoms with Gasteiger partial charge in [-0.3, -0.25) is 4.79 Å². The zero-order chi connectivity index (χ0) is 23.1. The Morgan fingerprint density at radius 1 is 1.18 bits per heavy atom. The standard InChI is InChI=1S/C25H25N5O3S/c1-16-4-7-18(8-5-16)20-14-30-24(27-20)34-25(28-30)29-10-2-3-19(13-29)23(31)26-12-17-6-9-21-22(11-17)33-15-32-21/h4-9,11,14,19H,2-3,10,12-13,15H2,1H3,(H,26,31)/t19-/m0/s1. The van der Waals surface area contributed by atoms with E-state index < -0.39 is 0 Å². The van der Waals surface area contributed by atoms with Crippen LogP contribution in [0.25, 0.3) is 16.2 Å². The number of piperidine rings is 1. The van der Waals surface area contributed by atoms with Crippen molar-refractivity contribution in [3.63, 3.8) is 0 Å². The molecule has 0 aliphatic carbocycles. The van der Waals surface area contributed by atoms with Gasteiger partial charge in [0, 0.05) is 25.2 Å². The summed E-state index contributed by atoms with van der Waals surface area (Å²) in [5.74, 6) is 1.49. The van der Waals surface area contributed by atoms with Crippen molar-refractivity contribution in [1.29, 1.82) is 0 Å². The Morgan fingerprint density at radius 3 is 2.88 bits per heavy atom. The fraction of sp³-hybridized carbons (Fsp3) is 0.320. The van der Waals surface area contributed by atoms with Gasteiger partial charge in [-0.15, -0.1) is 5.10 Å². The number of hydrogen-bond donors (Lipinski definition) is 1. The van der Waals surface area contributed by atoms with E-state index in [1.165, 1.54) is 5.56 Å². The molecule has 9 heteroatoms. The monoisotopic (exact) mass is 475 g/mol. The number of rotatable bonds is 5. The molecular weight excluding hydrogens is 450 g/mol. The van der Waals surface area contributed by atoms with E-state index in [1.54, 1.807) is 11.3 Å². The van der Waals surface area contributed by atoms with Gasteiger partial charge < -0.3 is 19.7 Å². The number of ether oxygens (including phenoxy) is 2. The number of nitrogens with one attached hydrogen (secondary N) is 1. The SMILES string of the molecule is Cc1ccc(-c2cn3nc(N4CCC[C@H](C(=O)NCc5ccc6c(c5)OCO6)C4)sc3n2)cc1. The Kier molecular flexibility index (Phi) is 5.33. The Bertz CT molecular complexity index is 1320. The predicted octanol–water partition coefficient (Wildman–Crippen LogP) is 4.03. The summed E-state index contributed by atoms with van der Waals surface area (Å²) in [5.41, 5.74) is 4.23. The number of carbonyl (C=O) groups is 1. The Hall–Kier alpha value is -3.59. The number of aromatic nitrogens is 3. The lowest BCUT2D eigenvalue weighted by atomic mass is 9.97. The van der Waals surface area contributed by atoms with Crippen LogP contribution in [0.2, 0.25) is 0 Å². The smallest absolute Gasteiger partial charge is 0.231 e. The molecule has 2 aliphatic rings. The van der Waals surface area contributed by atoms with Gasteiger partial charge in [0.05, 0.1) is 17.8 Å². The molecule has 0 saturated carbocycles. The normalized spacial score (nSPS) is 17.3. The number of hydrogen-bond acceptors (Lipinski definition) is 7. The topological polar surface area (TPSA) is 81.0 Å². The highest BCUT2D eigenvalue weighted by molar-refractivity contribution is 7.20. The molecule has 1 amide bonds. The Labute approximate surface area is 201 Å². The fourth-order valence-corrected chi connectivity index (χ4v) is 5.35. The lowest BCUT2D eigenvalue weighted by molar-refractivity contribution is -0.125. The van der Waals surface area contributed by atoms with E-state index in [9.17, 15) is 4.79 Å². The molecule has 2 aromatic heterocycles. The average molecular weight is 476 g/mol. The maximum absolute atomic E-state index is 12.9. The molecular formula is C25H25N5O3S. The number of imidazole rings is 1. The first-order valence-corrected chi connectivity index (χ1v) is 12.3. The lowest BCUT2D eigenvalue weighted by Crippen LogP contribution is -2.43. The number of carbonyl (C=O) groups excluding carboxylic acids is 1. The van der Waals surface area contributed by atoms with E-state index in [0.717, 1.165) is 57.8 Å². The molecule has 0 radical (unpaired) electrons. The number of benzene rings is 2. The van der Waals surface area contributed by atoms with Crippen molar-refractivity contribution in [1.82, 2.24) is 19.9 Å². The number of fused-ring (bicyclic) bond motifs is 2. The molecule has 4 aromatic rings. The van der Waals surface area contributed by atoms with Crippen molar-refractivity contribution in [2.45, 2.75) is 26.3 Å². The summed E-state index contributed by atoms with van der Waals surface area (Å²) < 4.78 is 12.6. The number of anilines is 1. The van der Waals surface area contributed by atoms with Crippen molar-refractivity contribution >= 4 is 27.3 Å². The number of nitrogens with zero attached hydrogens (tertiary/aromatic N) is 4. The van der Waals surface area contributed by atoms with Crippen LogP contribution < -0.4 is 19.7 Å². The van der Waals surface area contributed by atoms with Crippen LogP contribution in [0.5, 0.6) is 11.5 Å². The molecule has 0 bridgehead atoms. The van der Waals surface area contributed by atoms with Crippen molar-refractivity contribution in [2.75, 3.05) is 24.8 Å². The van der Waals surface area contributed by atoms with Crippen LogP contribution in [0.3, 0.4) is 0 Å². The van der Waals surface area contributed by atoms with Crippen LogP contribution in [0, 0.1) is 12.8 Å². The molecule has 1 atom stereocenters. The second-order valence-electron chi connectivity index (χ2n) is 8.79. The third-order valence-electron chi connectivity index (χ3n) is 6.35. The minimum atomic E-state index is -0.0675. The summed E-state index contributed by atoms with van der Waals surface area (Å²) in [7, 11) is 0. The highest BCUT2D eigenvalue weighted by Crippen LogP contribution is 2.33. The second-order valence-corrected chi connectivity index (χ2v) is 9.73. The summed E-state index contributed by atoms with van der Waals surface area (Å²) in [6.07, 6.45) is 3.81. The molecule has 8 nitrogen and oxygen atoms in total. The molecule has 1 fully saturated rings. The average Bonchev–Trinajstić information content (AvgIpc) is 3.58. The van der Waals surface area contributed by atoms with E-state index in [4.69, 9.17) is 19.6 Å². The first-order chi connectivity index (χ1) is 16.6. The Balaban J connectivity index is 1.10. The summed E-state index contributed by atoms with van der Waals surface area (Å²) in [4.78, 5) is 20.7. The molecule has 4 heterocycles. The van der Waals surface area contributed by atoms with E-state index >= 15 is 0 Å². The van der Waals surface area contributed by atoms with Gasteiger partial charge in [-0.05, 0) is 37.5 Å². The maximum atomic E-state index is 12.9. The van der Waals surface area contributed by atoms with Gasteiger partial charge in [-0.2, -0.15) is 0 Å². The number of amides is 1. The molecule has 34 heavy (non-hydrogen) atoms. The molecule has 2 aromatic carbocycles.